The van der Waals surface area contributed by atoms with Gasteiger partial charge in [0.05, 0.1) is 0 Å². The molecule has 0 rings (SSSR count). The van der Waals surface area contributed by atoms with Crippen LogP contribution in [-0.2, 0) is 9.53 Å². The van der Waals surface area contributed by atoms with Gasteiger partial charge in [0.25, 0.3) is 0 Å². The van der Waals surface area contributed by atoms with Crippen molar-refractivity contribution < 1.29 is 14.6 Å². The Hall–Kier alpha value is -1.25. The molecule has 0 saturated heterocycles. The smallest absolute Gasteiger partial charge is 0.193 e. The van der Waals surface area contributed by atoms with E-state index in [9.17, 15) is 4.79 Å². The molecular weight excluding hydrogens is 120 g/mol. The Morgan fingerprint density at radius 2 is 2.44 bits per heavy atom. The van der Waals surface area contributed by atoms with Crippen molar-refractivity contribution >= 4 is 6.29 Å². The van der Waals surface area contributed by atoms with Gasteiger partial charge >= 0.3 is 0 Å². The average Bonchev–Trinajstić information content (AvgIpc) is 1.91. The van der Waals surface area contributed by atoms with Crippen LogP contribution >= 0.6 is 0 Å². The molecule has 0 aliphatic heterocycles. The minimum absolute atomic E-state index is 0.0881. The average molecular weight is 128 g/mol. The zero-order valence-electron chi connectivity index (χ0n) is 4.91. The summed E-state index contributed by atoms with van der Waals surface area (Å²) in [5.41, 5.74) is 0. The first-order valence-electron chi connectivity index (χ1n) is 2.38. The number of rotatable bonds is 4. The number of allylic oxidation sites excluding steroid dienone is 1. The van der Waals surface area contributed by atoms with Crippen LogP contribution < -0.4 is 0 Å². The minimum Gasteiger partial charge on any atom is -0.512 e. The van der Waals surface area contributed by atoms with Gasteiger partial charge in [0.1, 0.15) is 12.9 Å². The maximum absolute atomic E-state index is 9.85. The van der Waals surface area contributed by atoms with Crippen LogP contribution in [0.15, 0.2) is 24.7 Å². The molecule has 50 valence electrons. The lowest BCUT2D eigenvalue weighted by Gasteiger charge is -1.96. The standard InChI is InChI=1S/C6H8O3/c1-2-3-9-6(4-7)5-8/h2,4-5,7H,1,3H2. The van der Waals surface area contributed by atoms with E-state index in [1.807, 2.05) is 0 Å². The van der Waals surface area contributed by atoms with Crippen molar-refractivity contribution in [3.8, 4) is 0 Å². The highest BCUT2D eigenvalue weighted by Crippen LogP contribution is 1.89. The van der Waals surface area contributed by atoms with Crippen molar-refractivity contribution in [2.24, 2.45) is 0 Å². The van der Waals surface area contributed by atoms with Crippen LogP contribution in [0.3, 0.4) is 0 Å². The lowest BCUT2D eigenvalue weighted by atomic mass is 10.6. The first kappa shape index (κ1) is 7.75. The molecule has 0 unspecified atom stereocenters. The fraction of sp³-hybridized carbons (Fsp3) is 0.167. The largest absolute Gasteiger partial charge is 0.512 e. The molecular formula is C6H8O3. The molecule has 0 aliphatic carbocycles. The zero-order chi connectivity index (χ0) is 7.11. The van der Waals surface area contributed by atoms with Crippen LogP contribution in [0.1, 0.15) is 0 Å². The molecule has 0 saturated carbocycles. The lowest BCUT2D eigenvalue weighted by Crippen LogP contribution is -1.92. The molecule has 3 heteroatoms. The molecule has 0 aliphatic rings. The summed E-state index contributed by atoms with van der Waals surface area (Å²) in [6, 6.07) is 0. The van der Waals surface area contributed by atoms with Gasteiger partial charge in [-0.05, 0) is 0 Å². The second-order valence-electron chi connectivity index (χ2n) is 1.25. The maximum Gasteiger partial charge on any atom is 0.193 e. The third-order valence-electron chi connectivity index (χ3n) is 0.611. The second kappa shape index (κ2) is 4.90. The first-order chi connectivity index (χ1) is 4.35. The third-order valence-corrected chi connectivity index (χ3v) is 0.611. The fourth-order valence-electron chi connectivity index (χ4n) is 0.257. The van der Waals surface area contributed by atoms with Gasteiger partial charge in [-0.3, -0.25) is 4.79 Å². The summed E-state index contributed by atoms with van der Waals surface area (Å²) in [6.45, 7) is 3.58. The van der Waals surface area contributed by atoms with Gasteiger partial charge in [-0.2, -0.15) is 0 Å². The van der Waals surface area contributed by atoms with Gasteiger partial charge in [-0.15, -0.1) is 0 Å². The molecule has 0 bridgehead atoms. The number of hydrogen-bond acceptors (Lipinski definition) is 3. The van der Waals surface area contributed by atoms with Crippen molar-refractivity contribution in [3.63, 3.8) is 0 Å². The highest BCUT2D eigenvalue weighted by atomic mass is 16.5. The van der Waals surface area contributed by atoms with Gasteiger partial charge in [-0.25, -0.2) is 0 Å². The molecule has 3 nitrogen and oxygen atoms in total. The Morgan fingerprint density at radius 3 is 2.78 bits per heavy atom. The monoisotopic (exact) mass is 128 g/mol. The highest BCUT2D eigenvalue weighted by Gasteiger charge is 1.90. The van der Waals surface area contributed by atoms with Crippen LogP contribution in [0.2, 0.25) is 0 Å². The maximum atomic E-state index is 9.85. The molecule has 0 aromatic heterocycles. The van der Waals surface area contributed by atoms with E-state index >= 15 is 0 Å². The predicted molar refractivity (Wildman–Crippen MR) is 32.9 cm³/mol. The van der Waals surface area contributed by atoms with E-state index in [4.69, 9.17) is 5.11 Å². The molecule has 0 atom stereocenters. The number of carbonyl (C=O) groups is 1. The summed E-state index contributed by atoms with van der Waals surface area (Å²) in [5, 5.41) is 8.20. The zero-order valence-corrected chi connectivity index (χ0v) is 4.91. The van der Waals surface area contributed by atoms with Crippen LogP contribution in [0.5, 0.6) is 0 Å². The van der Waals surface area contributed by atoms with Gasteiger partial charge in [-0.1, -0.05) is 12.7 Å². The molecule has 0 fully saturated rings. The fourth-order valence-corrected chi connectivity index (χ4v) is 0.257. The van der Waals surface area contributed by atoms with Crippen molar-refractivity contribution in [2.45, 2.75) is 0 Å². The van der Waals surface area contributed by atoms with Crippen molar-refractivity contribution in [2.75, 3.05) is 6.61 Å². The van der Waals surface area contributed by atoms with Gasteiger partial charge < -0.3 is 9.84 Å². The van der Waals surface area contributed by atoms with Crippen LogP contribution in [-0.4, -0.2) is 18.0 Å². The lowest BCUT2D eigenvalue weighted by molar-refractivity contribution is -0.107. The Morgan fingerprint density at radius 1 is 1.78 bits per heavy atom. The number of aliphatic hydroxyl groups excluding tert-OH is 1. The molecule has 0 heterocycles. The molecule has 1 N–H and O–H groups in total. The van der Waals surface area contributed by atoms with E-state index in [1.165, 1.54) is 6.08 Å². The summed E-state index contributed by atoms with van der Waals surface area (Å²) in [7, 11) is 0. The summed E-state index contributed by atoms with van der Waals surface area (Å²) in [4.78, 5) is 9.85. The number of aliphatic hydroxyl groups is 1. The number of hydrogen-bond donors (Lipinski definition) is 1. The SMILES string of the molecule is C=CCOC(C=O)=CO. The molecule has 0 aromatic rings. The summed E-state index contributed by atoms with van der Waals surface area (Å²) in [5.74, 6) is -0.0881. The topological polar surface area (TPSA) is 46.5 Å². The van der Waals surface area contributed by atoms with E-state index in [0.29, 0.717) is 12.5 Å². The van der Waals surface area contributed by atoms with Crippen LogP contribution in [0.4, 0.5) is 0 Å². The molecule has 0 radical (unpaired) electrons. The van der Waals surface area contributed by atoms with Gasteiger partial charge in [0.2, 0.25) is 0 Å². The molecule has 0 amide bonds. The Bertz CT molecular complexity index is 126. The van der Waals surface area contributed by atoms with E-state index in [-0.39, 0.29) is 12.4 Å². The Balaban J connectivity index is 3.57. The number of ether oxygens (including phenoxy) is 1. The molecule has 0 spiro atoms. The van der Waals surface area contributed by atoms with Gasteiger partial charge in [0.15, 0.2) is 12.0 Å². The van der Waals surface area contributed by atoms with E-state index in [1.54, 1.807) is 0 Å². The van der Waals surface area contributed by atoms with E-state index < -0.39 is 0 Å². The molecule has 0 aromatic carbocycles. The van der Waals surface area contributed by atoms with Crippen molar-refractivity contribution in [3.05, 3.63) is 24.7 Å². The first-order valence-corrected chi connectivity index (χ1v) is 2.38. The van der Waals surface area contributed by atoms with Crippen LogP contribution in [0.25, 0.3) is 0 Å². The van der Waals surface area contributed by atoms with Crippen LogP contribution in [0, 0.1) is 0 Å². The number of carbonyl (C=O) groups excluding carboxylic acids is 1. The van der Waals surface area contributed by atoms with Crippen molar-refractivity contribution in [1.29, 1.82) is 0 Å². The van der Waals surface area contributed by atoms with E-state index in [0.717, 1.165) is 0 Å². The quantitative estimate of drug-likeness (QED) is 0.263. The normalized spacial score (nSPS) is 10.4. The van der Waals surface area contributed by atoms with E-state index in [2.05, 4.69) is 11.3 Å². The predicted octanol–water partition coefficient (Wildman–Crippen LogP) is 0.787. The summed E-state index contributed by atoms with van der Waals surface area (Å²) < 4.78 is 4.61. The summed E-state index contributed by atoms with van der Waals surface area (Å²) in [6.07, 6.45) is 2.51. The highest BCUT2D eigenvalue weighted by molar-refractivity contribution is 5.69. The van der Waals surface area contributed by atoms with Gasteiger partial charge in [0, 0.05) is 0 Å². The second-order valence-corrected chi connectivity index (χ2v) is 1.25. The third kappa shape index (κ3) is 3.34. The Labute approximate surface area is 53.3 Å². The summed E-state index contributed by atoms with van der Waals surface area (Å²) >= 11 is 0. The number of aldehydes is 1. The Kier molecular flexibility index (Phi) is 4.22. The van der Waals surface area contributed by atoms with Crippen molar-refractivity contribution in [1.82, 2.24) is 0 Å². The molecule has 9 heavy (non-hydrogen) atoms. The minimum atomic E-state index is -0.0881.